The maximum Gasteiger partial charge on any atom is 0.335 e. The summed E-state index contributed by atoms with van der Waals surface area (Å²) in [6, 6.07) is 12.4. The smallest absolute Gasteiger partial charge is 0.335 e. The lowest BCUT2D eigenvalue weighted by atomic mass is 9.81. The number of carboxylic acids is 1. The molecule has 36 heavy (non-hydrogen) atoms. The normalized spacial score (nSPS) is 18.6. The first-order valence-corrected chi connectivity index (χ1v) is 13.6. The van der Waals surface area contributed by atoms with Crippen molar-refractivity contribution < 1.29 is 14.6 Å². The summed E-state index contributed by atoms with van der Waals surface area (Å²) >= 11 is 0. The molecule has 3 heterocycles. The first-order chi connectivity index (χ1) is 17.2. The molecule has 192 valence electrons. The van der Waals surface area contributed by atoms with Gasteiger partial charge in [0.2, 0.25) is 0 Å². The molecule has 1 saturated heterocycles. The average Bonchev–Trinajstić information content (AvgIpc) is 3.09. The average molecular weight is 509 g/mol. The zero-order chi connectivity index (χ0) is 23.8. The van der Waals surface area contributed by atoms with Crippen LogP contribution in [0, 0.1) is 0 Å². The minimum absolute atomic E-state index is 0. The molecule has 0 atom stereocenters. The van der Waals surface area contributed by atoms with Gasteiger partial charge in [-0.25, -0.2) is 4.79 Å². The van der Waals surface area contributed by atoms with Crippen molar-refractivity contribution in [3.8, 4) is 17.0 Å². The third kappa shape index (κ3) is 4.64. The van der Waals surface area contributed by atoms with Gasteiger partial charge >= 0.3 is 5.97 Å². The number of hydrogen-bond acceptors (Lipinski definition) is 3. The van der Waals surface area contributed by atoms with Gasteiger partial charge in [-0.1, -0.05) is 43.9 Å². The third-order valence-corrected chi connectivity index (χ3v) is 8.42. The minimum Gasteiger partial charge on any atom is -0.491 e. The maximum absolute atomic E-state index is 11.8. The number of fused-ring (bicyclic) bond motifs is 5. The van der Waals surface area contributed by atoms with E-state index in [4.69, 9.17) is 4.74 Å². The largest absolute Gasteiger partial charge is 0.491 e. The molecule has 3 aliphatic rings. The maximum atomic E-state index is 11.8. The van der Waals surface area contributed by atoms with Gasteiger partial charge in [0.05, 0.1) is 17.8 Å². The molecule has 2 aromatic carbocycles. The Morgan fingerprint density at radius 2 is 1.75 bits per heavy atom. The molecule has 1 N–H and O–H groups in total. The van der Waals surface area contributed by atoms with Crippen LogP contribution in [0.2, 0.25) is 0 Å². The highest BCUT2D eigenvalue weighted by molar-refractivity contribution is 5.99. The number of nitrogens with zero attached hydrogens (tertiary/aromatic N) is 2. The number of hydrogen-bond donors (Lipinski definition) is 1. The van der Waals surface area contributed by atoms with Crippen molar-refractivity contribution in [2.75, 3.05) is 26.2 Å². The highest BCUT2D eigenvalue weighted by atomic mass is 35.5. The Hall–Kier alpha value is -2.50. The lowest BCUT2D eigenvalue weighted by Gasteiger charge is -2.27. The standard InChI is InChI=1S/C30H36N2O3.ClH/c33-30(34)23-12-13-24-26(20-23)32-18-19-35-29-22(14-17-31-15-5-2-6-16-31)10-7-11-25(29)28(32)27(24)21-8-3-1-4-9-21;/h7,10-13,20-21H,1-6,8-9,14-19H2,(H,33,34);1H. The second kappa shape index (κ2) is 10.9. The van der Waals surface area contributed by atoms with Crippen LogP contribution in [-0.2, 0) is 13.0 Å². The Bertz CT molecular complexity index is 1240. The quantitative estimate of drug-likeness (QED) is 0.407. The molecule has 0 radical (unpaired) electrons. The van der Waals surface area contributed by atoms with Gasteiger partial charge in [0.25, 0.3) is 0 Å². The van der Waals surface area contributed by atoms with E-state index < -0.39 is 5.97 Å². The Morgan fingerprint density at radius 1 is 0.972 bits per heavy atom. The van der Waals surface area contributed by atoms with E-state index in [0.29, 0.717) is 18.1 Å². The van der Waals surface area contributed by atoms with Gasteiger partial charge in [-0.15, -0.1) is 12.4 Å². The summed E-state index contributed by atoms with van der Waals surface area (Å²) in [5.41, 5.74) is 6.56. The van der Waals surface area contributed by atoms with Crippen molar-refractivity contribution in [3.05, 3.63) is 53.1 Å². The molecule has 1 aromatic heterocycles. The molecule has 2 aliphatic heterocycles. The zero-order valence-electron chi connectivity index (χ0n) is 21.0. The second-order valence-electron chi connectivity index (χ2n) is 10.6. The zero-order valence-corrected chi connectivity index (χ0v) is 21.8. The fourth-order valence-electron chi connectivity index (χ4n) is 6.68. The van der Waals surface area contributed by atoms with Gasteiger partial charge in [-0.05, 0) is 80.4 Å². The Morgan fingerprint density at radius 3 is 2.53 bits per heavy atom. The molecule has 3 aromatic rings. The predicted molar refractivity (Wildman–Crippen MR) is 147 cm³/mol. The summed E-state index contributed by atoms with van der Waals surface area (Å²) in [4.78, 5) is 14.4. The van der Waals surface area contributed by atoms with E-state index in [2.05, 4.69) is 33.7 Å². The van der Waals surface area contributed by atoms with Gasteiger partial charge in [0.15, 0.2) is 0 Å². The van der Waals surface area contributed by atoms with E-state index in [0.717, 1.165) is 30.8 Å². The highest BCUT2D eigenvalue weighted by Gasteiger charge is 2.30. The van der Waals surface area contributed by atoms with Crippen molar-refractivity contribution in [1.29, 1.82) is 0 Å². The molecule has 5 nitrogen and oxygen atoms in total. The number of aromatic carboxylic acids is 1. The summed E-state index contributed by atoms with van der Waals surface area (Å²) in [6.07, 6.45) is 11.2. The highest BCUT2D eigenvalue weighted by Crippen LogP contribution is 2.48. The molecule has 1 aliphatic carbocycles. The molecule has 1 saturated carbocycles. The first kappa shape index (κ1) is 25.2. The molecule has 0 unspecified atom stereocenters. The summed E-state index contributed by atoms with van der Waals surface area (Å²) in [5, 5.41) is 10.9. The van der Waals surface area contributed by atoms with Crippen LogP contribution in [0.4, 0.5) is 0 Å². The van der Waals surface area contributed by atoms with E-state index in [-0.39, 0.29) is 12.4 Å². The van der Waals surface area contributed by atoms with Crippen LogP contribution in [0.3, 0.4) is 0 Å². The molecule has 6 rings (SSSR count). The fourth-order valence-corrected chi connectivity index (χ4v) is 6.68. The Kier molecular flexibility index (Phi) is 7.59. The fraction of sp³-hybridized carbons (Fsp3) is 0.500. The van der Waals surface area contributed by atoms with E-state index in [9.17, 15) is 9.90 Å². The monoisotopic (exact) mass is 508 g/mol. The number of carboxylic acid groups (broad SMARTS) is 1. The second-order valence-corrected chi connectivity index (χ2v) is 10.6. The van der Waals surface area contributed by atoms with Gasteiger partial charge in [0.1, 0.15) is 12.4 Å². The molecule has 0 bridgehead atoms. The number of benzene rings is 2. The SMILES string of the molecule is Cl.O=C(O)c1ccc2c(C3CCCCC3)c3n(c2c1)CCOc1c(CCN2CCCCC2)cccc1-3. The molecular weight excluding hydrogens is 472 g/mol. The summed E-state index contributed by atoms with van der Waals surface area (Å²) < 4.78 is 8.83. The molecular formula is C30H37ClN2O3. The van der Waals surface area contributed by atoms with Crippen LogP contribution < -0.4 is 4.74 Å². The van der Waals surface area contributed by atoms with E-state index in [1.54, 1.807) is 6.07 Å². The van der Waals surface area contributed by atoms with Crippen LogP contribution in [-0.4, -0.2) is 46.8 Å². The number of para-hydroxylation sites is 1. The minimum atomic E-state index is -0.869. The molecule has 0 amide bonds. The number of halogens is 1. The van der Waals surface area contributed by atoms with Gasteiger partial charge in [-0.3, -0.25) is 0 Å². The van der Waals surface area contributed by atoms with Crippen LogP contribution in [0.5, 0.6) is 5.75 Å². The van der Waals surface area contributed by atoms with Gasteiger partial charge in [0, 0.05) is 23.0 Å². The Balaban J connectivity index is 0.00000267. The van der Waals surface area contributed by atoms with Crippen LogP contribution in [0.25, 0.3) is 22.2 Å². The van der Waals surface area contributed by atoms with E-state index >= 15 is 0 Å². The summed E-state index contributed by atoms with van der Waals surface area (Å²) in [6.45, 7) is 4.84. The van der Waals surface area contributed by atoms with Crippen LogP contribution in [0.15, 0.2) is 36.4 Å². The number of rotatable bonds is 5. The number of likely N-dealkylation sites (tertiary alicyclic amines) is 1. The number of aromatic nitrogens is 1. The number of carbonyl (C=O) groups is 1. The van der Waals surface area contributed by atoms with Crippen molar-refractivity contribution in [1.82, 2.24) is 9.47 Å². The van der Waals surface area contributed by atoms with E-state index in [1.165, 1.54) is 92.2 Å². The van der Waals surface area contributed by atoms with Crippen LogP contribution >= 0.6 is 12.4 Å². The lowest BCUT2D eigenvalue weighted by molar-refractivity contribution is 0.0697. The van der Waals surface area contributed by atoms with Crippen LogP contribution in [0.1, 0.15) is 78.8 Å². The topological polar surface area (TPSA) is 54.7 Å². The molecule has 6 heteroatoms. The summed E-state index contributed by atoms with van der Waals surface area (Å²) in [7, 11) is 0. The van der Waals surface area contributed by atoms with Crippen molar-refractivity contribution >= 4 is 29.3 Å². The lowest BCUT2D eigenvalue weighted by Crippen LogP contribution is -2.31. The van der Waals surface area contributed by atoms with Crippen molar-refractivity contribution in [3.63, 3.8) is 0 Å². The predicted octanol–water partition coefficient (Wildman–Crippen LogP) is 6.90. The molecule has 0 spiro atoms. The van der Waals surface area contributed by atoms with Crippen molar-refractivity contribution in [2.45, 2.75) is 70.3 Å². The number of ether oxygens (including phenoxy) is 1. The summed E-state index contributed by atoms with van der Waals surface area (Å²) in [5.74, 6) is 0.689. The van der Waals surface area contributed by atoms with Crippen molar-refractivity contribution in [2.24, 2.45) is 0 Å². The van der Waals surface area contributed by atoms with E-state index in [1.807, 2.05) is 6.07 Å². The molecule has 2 fully saturated rings. The Labute approximate surface area is 219 Å². The first-order valence-electron chi connectivity index (χ1n) is 13.6. The van der Waals surface area contributed by atoms with Gasteiger partial charge < -0.3 is 19.3 Å². The third-order valence-electron chi connectivity index (χ3n) is 8.42. The van der Waals surface area contributed by atoms with Gasteiger partial charge in [-0.2, -0.15) is 0 Å². The number of piperidine rings is 1.